The van der Waals surface area contributed by atoms with Gasteiger partial charge in [-0.15, -0.1) is 0 Å². The van der Waals surface area contributed by atoms with Crippen LogP contribution in [-0.4, -0.2) is 36.0 Å². The number of carbonyl (C=O) groups excluding carboxylic acids is 1. The van der Waals surface area contributed by atoms with Gasteiger partial charge in [0.1, 0.15) is 0 Å². The van der Waals surface area contributed by atoms with E-state index in [1.165, 1.54) is 19.4 Å². The van der Waals surface area contributed by atoms with Crippen LogP contribution in [0.15, 0.2) is 18.2 Å². The van der Waals surface area contributed by atoms with Gasteiger partial charge in [0.15, 0.2) is 0 Å². The predicted octanol–water partition coefficient (Wildman–Crippen LogP) is 1.41. The van der Waals surface area contributed by atoms with Gasteiger partial charge < -0.3 is 21.7 Å². The van der Waals surface area contributed by atoms with Gasteiger partial charge >= 0.3 is 0 Å². The molecule has 0 spiro atoms. The van der Waals surface area contributed by atoms with E-state index >= 15 is 0 Å². The molecule has 0 radical (unpaired) electrons. The molecule has 2 saturated heterocycles. The molecule has 0 saturated carbocycles. The van der Waals surface area contributed by atoms with Gasteiger partial charge in [0.2, 0.25) is 5.91 Å². The standard InChI is InChI=1S/C15H22N4O/c16-13-4-3-10(15(17)20)8-14(13)18-11-5-7-19-6-1-2-12(19)9-11/h3-4,8,11-12,18H,1-2,5-7,9,16H2,(H2,17,20). The number of carbonyl (C=O) groups is 1. The first kappa shape index (κ1) is 13.2. The van der Waals surface area contributed by atoms with E-state index in [0.29, 0.717) is 23.3 Å². The molecule has 2 atom stereocenters. The van der Waals surface area contributed by atoms with Gasteiger partial charge in [0.05, 0.1) is 11.4 Å². The minimum Gasteiger partial charge on any atom is -0.397 e. The third-order valence-electron chi connectivity index (χ3n) is 4.52. The smallest absolute Gasteiger partial charge is 0.248 e. The fourth-order valence-corrected chi connectivity index (χ4v) is 3.41. The molecule has 0 aliphatic carbocycles. The van der Waals surface area contributed by atoms with Crippen molar-refractivity contribution in [3.05, 3.63) is 23.8 Å². The zero-order valence-electron chi connectivity index (χ0n) is 11.6. The number of primary amides is 1. The molecule has 1 aromatic carbocycles. The normalized spacial score (nSPS) is 26.2. The van der Waals surface area contributed by atoms with Gasteiger partial charge in [-0.2, -0.15) is 0 Å². The molecule has 1 amide bonds. The van der Waals surface area contributed by atoms with Gasteiger partial charge in [-0.1, -0.05) is 0 Å². The number of nitrogen functional groups attached to an aromatic ring is 1. The first-order chi connectivity index (χ1) is 9.63. The second-order valence-corrected chi connectivity index (χ2v) is 5.86. The van der Waals surface area contributed by atoms with Crippen LogP contribution in [0.5, 0.6) is 0 Å². The van der Waals surface area contributed by atoms with E-state index < -0.39 is 5.91 Å². The minimum absolute atomic E-state index is 0.418. The van der Waals surface area contributed by atoms with Gasteiger partial charge in [-0.05, 0) is 50.4 Å². The summed E-state index contributed by atoms with van der Waals surface area (Å²) in [7, 11) is 0. The van der Waals surface area contributed by atoms with Crippen molar-refractivity contribution in [1.82, 2.24) is 4.90 Å². The Hall–Kier alpha value is -1.75. The Bertz CT molecular complexity index is 517. The van der Waals surface area contributed by atoms with Crippen molar-refractivity contribution >= 4 is 17.3 Å². The Morgan fingerprint density at radius 1 is 1.30 bits per heavy atom. The van der Waals surface area contributed by atoms with Crippen LogP contribution in [-0.2, 0) is 0 Å². The maximum absolute atomic E-state index is 11.3. The van der Waals surface area contributed by atoms with Gasteiger partial charge in [0.25, 0.3) is 0 Å². The zero-order valence-corrected chi connectivity index (χ0v) is 11.6. The summed E-state index contributed by atoms with van der Waals surface area (Å²) < 4.78 is 0. The molecule has 0 bridgehead atoms. The molecule has 2 aliphatic heterocycles. The average Bonchev–Trinajstić information content (AvgIpc) is 2.88. The molecule has 2 unspecified atom stereocenters. The van der Waals surface area contributed by atoms with Crippen LogP contribution in [0.25, 0.3) is 0 Å². The Labute approximate surface area is 119 Å². The van der Waals surface area contributed by atoms with E-state index in [2.05, 4.69) is 10.2 Å². The Kier molecular flexibility index (Phi) is 3.53. The number of nitrogens with zero attached hydrogens (tertiary/aromatic N) is 1. The predicted molar refractivity (Wildman–Crippen MR) is 80.6 cm³/mol. The second kappa shape index (κ2) is 5.32. The van der Waals surface area contributed by atoms with Crippen molar-refractivity contribution in [2.45, 2.75) is 37.8 Å². The first-order valence-corrected chi connectivity index (χ1v) is 7.33. The van der Waals surface area contributed by atoms with E-state index in [1.54, 1.807) is 18.2 Å². The maximum atomic E-state index is 11.3. The van der Waals surface area contributed by atoms with E-state index in [4.69, 9.17) is 11.5 Å². The van der Waals surface area contributed by atoms with Crippen LogP contribution in [0.4, 0.5) is 11.4 Å². The van der Waals surface area contributed by atoms with Crippen molar-refractivity contribution in [2.75, 3.05) is 24.1 Å². The van der Waals surface area contributed by atoms with E-state index in [1.807, 2.05) is 0 Å². The van der Waals surface area contributed by atoms with Crippen molar-refractivity contribution in [1.29, 1.82) is 0 Å². The molecular weight excluding hydrogens is 252 g/mol. The topological polar surface area (TPSA) is 84.4 Å². The number of hydrogen-bond acceptors (Lipinski definition) is 4. The van der Waals surface area contributed by atoms with Crippen LogP contribution >= 0.6 is 0 Å². The SMILES string of the molecule is NC(=O)c1ccc(N)c(NC2CCN3CCCC3C2)c1. The van der Waals surface area contributed by atoms with Crippen LogP contribution < -0.4 is 16.8 Å². The fraction of sp³-hybridized carbons (Fsp3) is 0.533. The highest BCUT2D eigenvalue weighted by Gasteiger charge is 2.31. The molecule has 20 heavy (non-hydrogen) atoms. The highest BCUT2D eigenvalue weighted by molar-refractivity contribution is 5.94. The molecular formula is C15H22N4O. The molecule has 2 aliphatic rings. The Balaban J connectivity index is 1.71. The lowest BCUT2D eigenvalue weighted by atomic mass is 9.97. The highest BCUT2D eigenvalue weighted by Crippen LogP contribution is 2.30. The summed E-state index contributed by atoms with van der Waals surface area (Å²) in [5, 5.41) is 3.50. The molecule has 5 nitrogen and oxygen atoms in total. The number of rotatable bonds is 3. The molecule has 5 heteroatoms. The first-order valence-electron chi connectivity index (χ1n) is 7.33. The molecule has 1 aromatic rings. The summed E-state index contributed by atoms with van der Waals surface area (Å²) in [4.78, 5) is 13.8. The summed E-state index contributed by atoms with van der Waals surface area (Å²) in [6, 6.07) is 6.32. The lowest BCUT2D eigenvalue weighted by molar-refractivity contribution is 0.100. The van der Waals surface area contributed by atoms with E-state index in [9.17, 15) is 4.79 Å². The zero-order chi connectivity index (χ0) is 14.1. The number of hydrogen-bond donors (Lipinski definition) is 3. The number of nitrogens with one attached hydrogen (secondary N) is 1. The number of benzene rings is 1. The third kappa shape index (κ3) is 2.58. The number of piperidine rings is 1. The van der Waals surface area contributed by atoms with Crippen LogP contribution in [0.2, 0.25) is 0 Å². The van der Waals surface area contributed by atoms with Crippen LogP contribution in [0, 0.1) is 0 Å². The number of anilines is 2. The molecule has 2 fully saturated rings. The molecule has 2 heterocycles. The van der Waals surface area contributed by atoms with E-state index in [-0.39, 0.29) is 0 Å². The quantitative estimate of drug-likeness (QED) is 0.728. The van der Waals surface area contributed by atoms with Crippen molar-refractivity contribution in [2.24, 2.45) is 5.73 Å². The minimum atomic E-state index is -0.418. The largest absolute Gasteiger partial charge is 0.397 e. The second-order valence-electron chi connectivity index (χ2n) is 5.86. The monoisotopic (exact) mass is 274 g/mol. The number of nitrogens with two attached hydrogens (primary N) is 2. The summed E-state index contributed by atoms with van der Waals surface area (Å²) in [5.74, 6) is -0.418. The van der Waals surface area contributed by atoms with Crippen molar-refractivity contribution in [3.8, 4) is 0 Å². The van der Waals surface area contributed by atoms with Crippen LogP contribution in [0.1, 0.15) is 36.0 Å². The molecule has 0 aromatic heterocycles. The van der Waals surface area contributed by atoms with Crippen molar-refractivity contribution < 1.29 is 4.79 Å². The Morgan fingerprint density at radius 3 is 2.95 bits per heavy atom. The maximum Gasteiger partial charge on any atom is 0.248 e. The van der Waals surface area contributed by atoms with Crippen molar-refractivity contribution in [3.63, 3.8) is 0 Å². The highest BCUT2D eigenvalue weighted by atomic mass is 16.1. The van der Waals surface area contributed by atoms with Crippen LogP contribution in [0.3, 0.4) is 0 Å². The third-order valence-corrected chi connectivity index (χ3v) is 4.52. The number of fused-ring (bicyclic) bond motifs is 1. The summed E-state index contributed by atoms with van der Waals surface area (Å²) in [6.45, 7) is 2.40. The molecule has 5 N–H and O–H groups in total. The summed E-state index contributed by atoms with van der Waals surface area (Å²) in [5.41, 5.74) is 13.3. The Morgan fingerprint density at radius 2 is 2.15 bits per heavy atom. The molecule has 3 rings (SSSR count). The number of amides is 1. The summed E-state index contributed by atoms with van der Waals surface area (Å²) in [6.07, 6.45) is 4.89. The average molecular weight is 274 g/mol. The lowest BCUT2D eigenvalue weighted by Crippen LogP contribution is -2.42. The summed E-state index contributed by atoms with van der Waals surface area (Å²) >= 11 is 0. The molecule has 108 valence electrons. The van der Waals surface area contributed by atoms with E-state index in [0.717, 1.165) is 25.1 Å². The lowest BCUT2D eigenvalue weighted by Gasteiger charge is -2.35. The van der Waals surface area contributed by atoms with Gasteiger partial charge in [-0.3, -0.25) is 4.79 Å². The van der Waals surface area contributed by atoms with Gasteiger partial charge in [0, 0.05) is 24.2 Å². The van der Waals surface area contributed by atoms with Gasteiger partial charge in [-0.25, -0.2) is 0 Å². The fourth-order valence-electron chi connectivity index (χ4n) is 3.41.